The number of esters is 1. The predicted molar refractivity (Wildman–Crippen MR) is 172 cm³/mol. The van der Waals surface area contributed by atoms with Crippen LogP contribution in [0.4, 0.5) is 4.79 Å². The molecule has 0 N–H and O–H groups in total. The molecule has 0 radical (unpaired) electrons. The Balaban J connectivity index is 1.36. The van der Waals surface area contributed by atoms with E-state index in [0.29, 0.717) is 12.5 Å². The van der Waals surface area contributed by atoms with Crippen LogP contribution in [0.3, 0.4) is 0 Å². The Labute approximate surface area is 259 Å². The predicted octanol–water partition coefficient (Wildman–Crippen LogP) is 7.60. The van der Waals surface area contributed by atoms with Crippen LogP contribution in [0.15, 0.2) is 60.3 Å². The lowest BCUT2D eigenvalue weighted by atomic mass is 9.95. The second kappa shape index (κ2) is 17.4. The van der Waals surface area contributed by atoms with Crippen LogP contribution in [0.25, 0.3) is 0 Å². The van der Waals surface area contributed by atoms with Crippen LogP contribution >= 0.6 is 0 Å². The van der Waals surface area contributed by atoms with Gasteiger partial charge < -0.3 is 14.4 Å². The van der Waals surface area contributed by atoms with Crippen molar-refractivity contribution in [3.63, 3.8) is 0 Å². The Kier molecular flexibility index (Phi) is 13.3. The molecule has 2 aliphatic heterocycles. The molecule has 4 rings (SSSR count). The maximum absolute atomic E-state index is 13.2. The molecular formula is C36H53N3O4. The summed E-state index contributed by atoms with van der Waals surface area (Å²) in [5.74, 6) is -0.0439. The summed E-state index contributed by atoms with van der Waals surface area (Å²) >= 11 is 0. The van der Waals surface area contributed by atoms with Gasteiger partial charge in [0.2, 0.25) is 0 Å². The topological polar surface area (TPSA) is 72.0 Å². The van der Waals surface area contributed by atoms with E-state index in [4.69, 9.17) is 9.47 Å². The summed E-state index contributed by atoms with van der Waals surface area (Å²) in [6.07, 6.45) is 22.9. The second-order valence-corrected chi connectivity index (χ2v) is 12.7. The quantitative estimate of drug-likeness (QED) is 0.147. The van der Waals surface area contributed by atoms with Gasteiger partial charge in [-0.2, -0.15) is 0 Å². The van der Waals surface area contributed by atoms with Gasteiger partial charge in [-0.15, -0.1) is 0 Å². The lowest BCUT2D eigenvalue weighted by Gasteiger charge is -2.39. The highest BCUT2D eigenvalue weighted by Crippen LogP contribution is 2.25. The van der Waals surface area contributed by atoms with Crippen LogP contribution in [0.1, 0.15) is 103 Å². The number of aromatic nitrogens is 1. The van der Waals surface area contributed by atoms with Gasteiger partial charge >= 0.3 is 12.1 Å². The van der Waals surface area contributed by atoms with Gasteiger partial charge in [0.1, 0.15) is 12.2 Å². The van der Waals surface area contributed by atoms with Gasteiger partial charge in [-0.05, 0) is 62.8 Å². The highest BCUT2D eigenvalue weighted by molar-refractivity contribution is 5.70. The van der Waals surface area contributed by atoms with E-state index in [9.17, 15) is 9.59 Å². The lowest BCUT2D eigenvalue weighted by Crippen LogP contribution is -2.52. The SMILES string of the molecule is C/C(=C\C=C\[C@@H](C)c1ccccn1)[C@H]1OC(=O)CCCCC[C@@H](OC(=O)N2CCN(C3CCCCCC3)CC2)/C=C/[C@@H]1C. The molecule has 0 spiro atoms. The van der Waals surface area contributed by atoms with Crippen molar-refractivity contribution >= 4 is 12.1 Å². The number of rotatable bonds is 6. The molecule has 1 saturated carbocycles. The van der Waals surface area contributed by atoms with Crippen LogP contribution in [0, 0.1) is 5.92 Å². The zero-order valence-corrected chi connectivity index (χ0v) is 26.7. The van der Waals surface area contributed by atoms with E-state index in [-0.39, 0.29) is 36.1 Å². The molecule has 1 amide bonds. The number of hydrogen-bond donors (Lipinski definition) is 0. The Bertz CT molecular complexity index is 1080. The van der Waals surface area contributed by atoms with Crippen molar-refractivity contribution in [2.24, 2.45) is 5.92 Å². The fourth-order valence-electron chi connectivity index (χ4n) is 6.51. The van der Waals surface area contributed by atoms with Gasteiger partial charge in [0.05, 0.1) is 0 Å². The summed E-state index contributed by atoms with van der Waals surface area (Å²) in [7, 11) is 0. The molecule has 0 bridgehead atoms. The van der Waals surface area contributed by atoms with Crippen molar-refractivity contribution < 1.29 is 19.1 Å². The molecule has 1 aliphatic carbocycles. The standard InChI is InChI=1S/C36H53N3O4/c1-28(33-19-11-12-23-37-33)14-13-15-29(2)35-30(3)21-22-32(18-9-6-10-20-34(40)43-35)42-36(41)39-26-24-38(25-27-39)31-16-7-4-5-8-17-31/h11-15,19,21-23,28,30-32,35H,4-10,16-18,20,24-27H2,1-3H3/b14-13+,22-21+,29-15+/t28-,30+,32-,35-/m1/s1. The summed E-state index contributed by atoms with van der Waals surface area (Å²) in [5.41, 5.74) is 1.99. The fourth-order valence-corrected chi connectivity index (χ4v) is 6.51. The lowest BCUT2D eigenvalue weighted by molar-refractivity contribution is -0.148. The summed E-state index contributed by atoms with van der Waals surface area (Å²) < 4.78 is 12.1. The van der Waals surface area contributed by atoms with E-state index >= 15 is 0 Å². The minimum Gasteiger partial charge on any atom is -0.457 e. The maximum atomic E-state index is 13.2. The average Bonchev–Trinajstić information content (AvgIpc) is 3.31. The number of carbonyl (C=O) groups excluding carboxylic acids is 2. The van der Waals surface area contributed by atoms with Gasteiger partial charge in [0.25, 0.3) is 0 Å². The van der Waals surface area contributed by atoms with Gasteiger partial charge in [0.15, 0.2) is 0 Å². The molecule has 3 heterocycles. The van der Waals surface area contributed by atoms with Crippen LogP contribution in [0.2, 0.25) is 0 Å². The Morgan fingerprint density at radius 1 is 1.00 bits per heavy atom. The summed E-state index contributed by atoms with van der Waals surface area (Å²) in [5, 5.41) is 0. The van der Waals surface area contributed by atoms with Crippen molar-refractivity contribution in [3.05, 3.63) is 66.0 Å². The van der Waals surface area contributed by atoms with E-state index in [1.54, 1.807) is 0 Å². The number of piperazine rings is 1. The van der Waals surface area contributed by atoms with Crippen molar-refractivity contribution in [1.29, 1.82) is 0 Å². The van der Waals surface area contributed by atoms with E-state index in [2.05, 4.69) is 35.9 Å². The van der Waals surface area contributed by atoms with E-state index in [0.717, 1.165) is 63.1 Å². The van der Waals surface area contributed by atoms with E-state index in [1.165, 1.54) is 38.5 Å². The fraction of sp³-hybridized carbons (Fsp3) is 0.639. The highest BCUT2D eigenvalue weighted by Gasteiger charge is 2.29. The third-order valence-corrected chi connectivity index (χ3v) is 9.26. The molecular weight excluding hydrogens is 538 g/mol. The number of cyclic esters (lactones) is 1. The first-order chi connectivity index (χ1) is 20.9. The van der Waals surface area contributed by atoms with Gasteiger partial charge in [0, 0.05) is 62.4 Å². The molecule has 3 aliphatic rings. The van der Waals surface area contributed by atoms with Crippen molar-refractivity contribution in [2.75, 3.05) is 26.2 Å². The monoisotopic (exact) mass is 591 g/mol. The smallest absolute Gasteiger partial charge is 0.410 e. The van der Waals surface area contributed by atoms with Crippen LogP contribution in [-0.2, 0) is 14.3 Å². The van der Waals surface area contributed by atoms with Crippen molar-refractivity contribution in [1.82, 2.24) is 14.8 Å². The van der Waals surface area contributed by atoms with Crippen LogP contribution in [0.5, 0.6) is 0 Å². The average molecular weight is 592 g/mol. The molecule has 7 nitrogen and oxygen atoms in total. The zero-order chi connectivity index (χ0) is 30.4. The minimum atomic E-state index is -0.383. The Hall–Kier alpha value is -2.93. The second-order valence-electron chi connectivity index (χ2n) is 12.7. The number of pyridine rings is 1. The normalized spacial score (nSPS) is 27.4. The first-order valence-electron chi connectivity index (χ1n) is 16.7. The third-order valence-electron chi connectivity index (χ3n) is 9.26. The number of amides is 1. The minimum absolute atomic E-state index is 0.0643. The molecule has 1 saturated heterocycles. The molecule has 4 atom stereocenters. The molecule has 0 aromatic carbocycles. The zero-order valence-electron chi connectivity index (χ0n) is 26.7. The van der Waals surface area contributed by atoms with E-state index < -0.39 is 0 Å². The summed E-state index contributed by atoms with van der Waals surface area (Å²) in [4.78, 5) is 34.8. The first kappa shape index (κ1) is 33.0. The Morgan fingerprint density at radius 2 is 1.72 bits per heavy atom. The first-order valence-corrected chi connectivity index (χ1v) is 16.7. The molecule has 236 valence electrons. The Morgan fingerprint density at radius 3 is 2.44 bits per heavy atom. The molecule has 43 heavy (non-hydrogen) atoms. The highest BCUT2D eigenvalue weighted by atomic mass is 16.6. The van der Waals surface area contributed by atoms with Crippen LogP contribution < -0.4 is 0 Å². The largest absolute Gasteiger partial charge is 0.457 e. The van der Waals surface area contributed by atoms with E-state index in [1.807, 2.05) is 54.4 Å². The maximum Gasteiger partial charge on any atom is 0.410 e. The summed E-state index contributed by atoms with van der Waals surface area (Å²) in [6, 6.07) is 6.61. The molecule has 1 aromatic heterocycles. The molecule has 1 aromatic rings. The van der Waals surface area contributed by atoms with Gasteiger partial charge in [-0.3, -0.25) is 14.7 Å². The van der Waals surface area contributed by atoms with Gasteiger partial charge in [-0.25, -0.2) is 4.79 Å². The van der Waals surface area contributed by atoms with Crippen molar-refractivity contribution in [2.45, 2.75) is 116 Å². The van der Waals surface area contributed by atoms with Crippen LogP contribution in [-0.4, -0.2) is 71.3 Å². The number of nitrogens with zero attached hydrogens (tertiary/aromatic N) is 3. The van der Waals surface area contributed by atoms with Gasteiger partial charge in [-0.1, -0.05) is 76.3 Å². The number of hydrogen-bond acceptors (Lipinski definition) is 6. The summed E-state index contributed by atoms with van der Waals surface area (Å²) in [6.45, 7) is 9.52. The molecule has 2 fully saturated rings. The number of allylic oxidation sites excluding steroid dienone is 3. The molecule has 0 unspecified atom stereocenters. The number of carbonyl (C=O) groups is 2. The molecule has 7 heteroatoms. The van der Waals surface area contributed by atoms with Crippen molar-refractivity contribution in [3.8, 4) is 0 Å². The number of ether oxygens (including phenoxy) is 2. The third kappa shape index (κ3) is 10.6.